The number of furan rings is 1. The van der Waals surface area contributed by atoms with Crippen molar-refractivity contribution in [2.45, 2.75) is 38.3 Å². The Labute approximate surface area is 174 Å². The summed E-state index contributed by atoms with van der Waals surface area (Å²) in [7, 11) is -2.71. The Morgan fingerprint density at radius 1 is 1.17 bits per heavy atom. The summed E-state index contributed by atoms with van der Waals surface area (Å²) in [6, 6.07) is 5.90. The first-order chi connectivity index (χ1) is 14.0. The zero-order chi connectivity index (χ0) is 22.5. The maximum absolute atomic E-state index is 12.5. The van der Waals surface area contributed by atoms with Crippen LogP contribution in [0.25, 0.3) is 0 Å². The number of benzene rings is 1. The summed E-state index contributed by atoms with van der Waals surface area (Å²) in [5.74, 6) is -0.742. The van der Waals surface area contributed by atoms with Crippen molar-refractivity contribution in [1.82, 2.24) is 10.0 Å². The van der Waals surface area contributed by atoms with E-state index in [0.717, 1.165) is 0 Å². The van der Waals surface area contributed by atoms with Gasteiger partial charge in [0.05, 0.1) is 24.6 Å². The van der Waals surface area contributed by atoms with Gasteiger partial charge in [-0.15, -0.1) is 0 Å². The number of hydrogen-bond acceptors (Lipinski definition) is 7. The van der Waals surface area contributed by atoms with Crippen molar-refractivity contribution in [3.63, 3.8) is 0 Å². The van der Waals surface area contributed by atoms with E-state index in [1.54, 1.807) is 6.92 Å². The van der Waals surface area contributed by atoms with Crippen LogP contribution >= 0.6 is 0 Å². The van der Waals surface area contributed by atoms with Gasteiger partial charge in [-0.25, -0.2) is 13.2 Å². The van der Waals surface area contributed by atoms with Crippen molar-refractivity contribution in [2.24, 2.45) is 0 Å². The summed E-state index contributed by atoms with van der Waals surface area (Å²) >= 11 is 0. The molecular weight excluding hydrogens is 414 g/mol. The molecule has 2 amide bonds. The van der Waals surface area contributed by atoms with Crippen LogP contribution in [-0.2, 0) is 30.9 Å². The maximum atomic E-state index is 12.5. The molecule has 2 aromatic rings. The number of ether oxygens (including phenoxy) is 1. The van der Waals surface area contributed by atoms with Gasteiger partial charge in [-0.3, -0.25) is 9.59 Å². The second kappa shape index (κ2) is 9.55. The standard InChI is InChI=1S/C19H23N3O7S/c1-11(18(24)20-10-15-9-17(12(2)29-15)19(25)28-4)22-30(26,27)16-7-5-14(6-8-16)21-13(3)23/h5-9,11,22H,10H2,1-4H3,(H,20,24)(H,21,23)/t11-/m0/s1. The molecule has 3 N–H and O–H groups in total. The van der Waals surface area contributed by atoms with Crippen LogP contribution in [0.2, 0.25) is 0 Å². The molecule has 11 heteroatoms. The number of carbonyl (C=O) groups is 3. The van der Waals surface area contributed by atoms with Crippen molar-refractivity contribution in [3.05, 3.63) is 47.4 Å². The lowest BCUT2D eigenvalue weighted by Gasteiger charge is -2.14. The molecule has 0 unspecified atom stereocenters. The highest BCUT2D eigenvalue weighted by atomic mass is 32.2. The van der Waals surface area contributed by atoms with Gasteiger partial charge in [0.1, 0.15) is 17.1 Å². The van der Waals surface area contributed by atoms with Crippen LogP contribution in [0, 0.1) is 6.92 Å². The molecule has 0 saturated heterocycles. The molecule has 0 saturated carbocycles. The Morgan fingerprint density at radius 3 is 2.37 bits per heavy atom. The van der Waals surface area contributed by atoms with Crippen molar-refractivity contribution in [1.29, 1.82) is 0 Å². The fourth-order valence-corrected chi connectivity index (χ4v) is 3.75. The molecule has 162 valence electrons. The second-order valence-electron chi connectivity index (χ2n) is 6.44. The normalized spacial score (nSPS) is 12.1. The molecular formula is C19H23N3O7S. The van der Waals surface area contributed by atoms with E-state index < -0.39 is 27.9 Å². The molecule has 1 atom stereocenters. The summed E-state index contributed by atoms with van der Waals surface area (Å²) in [6.07, 6.45) is 0. The van der Waals surface area contributed by atoms with Crippen molar-refractivity contribution >= 4 is 33.5 Å². The lowest BCUT2D eigenvalue weighted by atomic mass is 10.2. The Bertz CT molecular complexity index is 1040. The lowest BCUT2D eigenvalue weighted by Crippen LogP contribution is -2.44. The summed E-state index contributed by atoms with van der Waals surface area (Å²) in [5.41, 5.74) is 0.700. The summed E-state index contributed by atoms with van der Waals surface area (Å²) in [4.78, 5) is 34.8. The van der Waals surface area contributed by atoms with Crippen molar-refractivity contribution < 1.29 is 32.0 Å². The molecule has 1 aromatic carbocycles. The third kappa shape index (κ3) is 5.91. The van der Waals surface area contributed by atoms with Crippen molar-refractivity contribution in [3.8, 4) is 0 Å². The first-order valence-corrected chi connectivity index (χ1v) is 10.4. The number of amides is 2. The molecule has 0 aliphatic rings. The van der Waals surface area contributed by atoms with Crippen molar-refractivity contribution in [2.75, 3.05) is 12.4 Å². The molecule has 0 aliphatic heterocycles. The molecule has 0 aliphatic carbocycles. The molecule has 0 spiro atoms. The number of esters is 1. The average Bonchev–Trinajstić information content (AvgIpc) is 3.05. The van der Waals surface area contributed by atoms with E-state index in [1.807, 2.05) is 0 Å². The van der Waals surface area contributed by atoms with Crippen LogP contribution in [0.5, 0.6) is 0 Å². The van der Waals surface area contributed by atoms with E-state index in [4.69, 9.17) is 4.42 Å². The van der Waals surface area contributed by atoms with E-state index in [-0.39, 0.29) is 22.9 Å². The molecule has 0 radical (unpaired) electrons. The van der Waals surface area contributed by atoms with E-state index in [0.29, 0.717) is 17.2 Å². The first kappa shape index (κ1) is 23.1. The predicted octanol–water partition coefficient (Wildman–Crippen LogP) is 1.32. The smallest absolute Gasteiger partial charge is 0.341 e. The van der Waals surface area contributed by atoms with E-state index in [1.165, 1.54) is 51.3 Å². The molecule has 10 nitrogen and oxygen atoms in total. The summed E-state index contributed by atoms with van der Waals surface area (Å²) in [6.45, 7) is 4.29. The minimum absolute atomic E-state index is 0.0336. The Hall–Kier alpha value is -3.18. The highest BCUT2D eigenvalue weighted by Crippen LogP contribution is 2.16. The number of sulfonamides is 1. The largest absolute Gasteiger partial charge is 0.465 e. The Kier molecular flexibility index (Phi) is 7.35. The van der Waals surface area contributed by atoms with E-state index >= 15 is 0 Å². The molecule has 30 heavy (non-hydrogen) atoms. The quantitative estimate of drug-likeness (QED) is 0.528. The average molecular weight is 437 g/mol. The van der Waals surface area contributed by atoms with Crippen LogP contribution in [0.15, 0.2) is 39.6 Å². The molecule has 0 bridgehead atoms. The highest BCUT2D eigenvalue weighted by Gasteiger charge is 2.23. The number of methoxy groups -OCH3 is 1. The maximum Gasteiger partial charge on any atom is 0.341 e. The Morgan fingerprint density at radius 2 is 1.80 bits per heavy atom. The van der Waals surface area contributed by atoms with Crippen LogP contribution in [0.4, 0.5) is 5.69 Å². The third-order valence-electron chi connectivity index (χ3n) is 4.02. The fourth-order valence-electron chi connectivity index (χ4n) is 2.55. The summed E-state index contributed by atoms with van der Waals surface area (Å²) < 4.78 is 37.2. The van der Waals surface area contributed by atoms with Crippen LogP contribution in [0.1, 0.15) is 35.7 Å². The first-order valence-electron chi connectivity index (χ1n) is 8.89. The van der Waals surface area contributed by atoms with Gasteiger partial charge in [-0.2, -0.15) is 4.72 Å². The second-order valence-corrected chi connectivity index (χ2v) is 8.15. The zero-order valence-electron chi connectivity index (χ0n) is 16.9. The third-order valence-corrected chi connectivity index (χ3v) is 5.58. The molecule has 0 fully saturated rings. The number of anilines is 1. The number of aryl methyl sites for hydroxylation is 1. The Balaban J connectivity index is 1.97. The van der Waals surface area contributed by atoms with Gasteiger partial charge in [0.2, 0.25) is 21.8 Å². The van der Waals surface area contributed by atoms with Crippen LogP contribution < -0.4 is 15.4 Å². The molecule has 1 aromatic heterocycles. The van der Waals surface area contributed by atoms with Gasteiger partial charge in [0.25, 0.3) is 0 Å². The van der Waals surface area contributed by atoms with Gasteiger partial charge in [-0.05, 0) is 44.2 Å². The SMILES string of the molecule is COC(=O)c1cc(CNC(=O)[C@H](C)NS(=O)(=O)c2ccc(NC(C)=O)cc2)oc1C. The van der Waals surface area contributed by atoms with Gasteiger partial charge >= 0.3 is 5.97 Å². The lowest BCUT2D eigenvalue weighted by molar-refractivity contribution is -0.122. The number of rotatable bonds is 8. The van der Waals surface area contributed by atoms with E-state index in [9.17, 15) is 22.8 Å². The number of carbonyl (C=O) groups excluding carboxylic acids is 3. The number of nitrogens with one attached hydrogen (secondary N) is 3. The monoisotopic (exact) mass is 437 g/mol. The van der Waals surface area contributed by atoms with Gasteiger partial charge in [-0.1, -0.05) is 0 Å². The fraction of sp³-hybridized carbons (Fsp3) is 0.316. The van der Waals surface area contributed by atoms with Gasteiger partial charge in [0.15, 0.2) is 0 Å². The van der Waals surface area contributed by atoms with Gasteiger partial charge < -0.3 is 19.8 Å². The predicted molar refractivity (Wildman–Crippen MR) is 107 cm³/mol. The number of hydrogen-bond donors (Lipinski definition) is 3. The minimum Gasteiger partial charge on any atom is -0.465 e. The highest BCUT2D eigenvalue weighted by molar-refractivity contribution is 7.89. The minimum atomic E-state index is -3.96. The molecule has 1 heterocycles. The van der Waals surface area contributed by atoms with E-state index in [2.05, 4.69) is 20.1 Å². The summed E-state index contributed by atoms with van der Waals surface area (Å²) in [5, 5.41) is 5.08. The molecule has 2 rings (SSSR count). The van der Waals surface area contributed by atoms with Gasteiger partial charge in [0, 0.05) is 12.6 Å². The van der Waals surface area contributed by atoms with Crippen LogP contribution in [0.3, 0.4) is 0 Å². The zero-order valence-corrected chi connectivity index (χ0v) is 17.8. The topological polar surface area (TPSA) is 144 Å². The van der Waals surface area contributed by atoms with Crippen LogP contribution in [-0.4, -0.2) is 39.4 Å².